The summed E-state index contributed by atoms with van der Waals surface area (Å²) in [5, 5.41) is 2.70. The van der Waals surface area contributed by atoms with E-state index < -0.39 is 0 Å². The molecule has 0 bridgehead atoms. The van der Waals surface area contributed by atoms with Gasteiger partial charge in [0.25, 0.3) is 0 Å². The highest BCUT2D eigenvalue weighted by Crippen LogP contribution is 2.31. The van der Waals surface area contributed by atoms with Crippen LogP contribution in [0.25, 0.3) is 22.9 Å². The number of rotatable bonds is 2. The van der Waals surface area contributed by atoms with Crippen molar-refractivity contribution in [2.24, 2.45) is 0 Å². The van der Waals surface area contributed by atoms with E-state index in [1.165, 1.54) is 33.0 Å². The molecule has 0 heteroatoms. The van der Waals surface area contributed by atoms with E-state index in [1.807, 2.05) is 0 Å². The van der Waals surface area contributed by atoms with Crippen LogP contribution in [0.1, 0.15) is 36.1 Å². The lowest BCUT2D eigenvalue weighted by atomic mass is 9.90. The molecule has 0 N–H and O–H groups in total. The summed E-state index contributed by atoms with van der Waals surface area (Å²) >= 11 is 0. The fourth-order valence-corrected chi connectivity index (χ4v) is 2.62. The summed E-state index contributed by atoms with van der Waals surface area (Å²) in [5.41, 5.74) is 5.42. The normalized spacial score (nSPS) is 12.0. The smallest absolute Gasteiger partial charge is 0.0106 e. The summed E-state index contributed by atoms with van der Waals surface area (Å²) < 4.78 is 0. The Morgan fingerprint density at radius 1 is 0.722 bits per heavy atom. The van der Waals surface area contributed by atoms with E-state index in [-0.39, 0.29) is 0 Å². The number of fused-ring (bicyclic) bond motifs is 1. The Morgan fingerprint density at radius 3 is 1.89 bits per heavy atom. The van der Waals surface area contributed by atoms with Crippen LogP contribution in [0, 0.1) is 13.8 Å². The van der Waals surface area contributed by atoms with E-state index in [9.17, 15) is 0 Å². The quantitative estimate of drug-likeness (QED) is 0.643. The van der Waals surface area contributed by atoms with Gasteiger partial charge in [-0.15, -0.1) is 0 Å². The fourth-order valence-electron chi connectivity index (χ4n) is 2.62. The predicted molar refractivity (Wildman–Crippen MR) is 82.8 cm³/mol. The van der Waals surface area contributed by atoms with Crippen molar-refractivity contribution in [3.63, 3.8) is 0 Å². The van der Waals surface area contributed by atoms with E-state index in [4.69, 9.17) is 0 Å². The molecule has 0 heterocycles. The molecule has 0 nitrogen and oxygen atoms in total. The molecule has 0 aromatic heterocycles. The molecule has 2 rings (SSSR count). The monoisotopic (exact) mass is 236 g/mol. The Kier molecular flexibility index (Phi) is 3.66. The average Bonchev–Trinajstić information content (AvgIpc) is 2.39. The molecular weight excluding hydrogens is 216 g/mol. The maximum atomic E-state index is 2.21. The van der Waals surface area contributed by atoms with Gasteiger partial charge in [0.1, 0.15) is 0 Å². The molecule has 0 unspecified atom stereocenters. The lowest BCUT2D eigenvalue weighted by Crippen LogP contribution is -1.94. The van der Waals surface area contributed by atoms with Crippen molar-refractivity contribution >= 4 is 22.9 Å². The largest absolute Gasteiger partial charge is 0.0870 e. The van der Waals surface area contributed by atoms with Crippen molar-refractivity contribution in [2.45, 2.75) is 27.7 Å². The Morgan fingerprint density at radius 2 is 1.28 bits per heavy atom. The Labute approximate surface area is 110 Å². The summed E-state index contributed by atoms with van der Waals surface area (Å²) in [4.78, 5) is 0. The number of aryl methyl sites for hydroxylation is 1. The van der Waals surface area contributed by atoms with Gasteiger partial charge in [-0.25, -0.2) is 0 Å². The molecule has 0 fully saturated rings. The van der Waals surface area contributed by atoms with Crippen molar-refractivity contribution in [1.82, 2.24) is 0 Å². The third-order valence-electron chi connectivity index (χ3n) is 3.50. The molecule has 0 saturated carbocycles. The summed E-state index contributed by atoms with van der Waals surface area (Å²) in [7, 11) is 0. The Hall–Kier alpha value is -1.82. The molecule has 0 aliphatic rings. The molecule has 18 heavy (non-hydrogen) atoms. The van der Waals surface area contributed by atoms with E-state index >= 15 is 0 Å². The van der Waals surface area contributed by atoms with Gasteiger partial charge in [-0.3, -0.25) is 0 Å². The van der Waals surface area contributed by atoms with E-state index in [0.29, 0.717) is 0 Å². The minimum atomic E-state index is 1.34. The molecule has 92 valence electrons. The fraction of sp³-hybridized carbons (Fsp3) is 0.222. The van der Waals surface area contributed by atoms with Crippen molar-refractivity contribution in [2.75, 3.05) is 0 Å². The molecule has 0 amide bonds. The maximum Gasteiger partial charge on any atom is -0.0106 e. The molecule has 0 aliphatic heterocycles. The van der Waals surface area contributed by atoms with Gasteiger partial charge in [0.15, 0.2) is 0 Å². The third-order valence-corrected chi connectivity index (χ3v) is 3.50. The van der Waals surface area contributed by atoms with Crippen molar-refractivity contribution in [1.29, 1.82) is 0 Å². The zero-order chi connectivity index (χ0) is 13.1. The van der Waals surface area contributed by atoms with E-state index in [1.54, 1.807) is 0 Å². The van der Waals surface area contributed by atoms with Gasteiger partial charge >= 0.3 is 0 Å². The van der Waals surface area contributed by atoms with Crippen molar-refractivity contribution in [3.8, 4) is 0 Å². The van der Waals surface area contributed by atoms with Crippen LogP contribution in [0.4, 0.5) is 0 Å². The number of benzene rings is 2. The second-order valence-electron chi connectivity index (χ2n) is 4.62. The molecule has 0 saturated heterocycles. The first-order valence-electron chi connectivity index (χ1n) is 6.48. The highest BCUT2D eigenvalue weighted by molar-refractivity contribution is 5.97. The van der Waals surface area contributed by atoms with Crippen LogP contribution >= 0.6 is 0 Å². The zero-order valence-corrected chi connectivity index (χ0v) is 11.6. The summed E-state index contributed by atoms with van der Waals surface area (Å²) in [5.74, 6) is 0. The van der Waals surface area contributed by atoms with E-state index in [0.717, 1.165) is 0 Å². The molecule has 0 spiro atoms. The van der Waals surface area contributed by atoms with Crippen LogP contribution in [0.2, 0.25) is 0 Å². The standard InChI is InChI=1S/C18H20/c1-5-9-15-13(3)16(10-6-2)18-12-8-7-11-17(18)14(15)4/h5-12H,1-4H3/b9-5-,10-6-. The van der Waals surface area contributed by atoms with Crippen LogP contribution in [0.3, 0.4) is 0 Å². The summed E-state index contributed by atoms with van der Waals surface area (Å²) in [6, 6.07) is 8.65. The Balaban J connectivity index is 2.96. The molecular formula is C18H20. The van der Waals surface area contributed by atoms with Gasteiger partial charge in [0.2, 0.25) is 0 Å². The number of hydrogen-bond acceptors (Lipinski definition) is 0. The third kappa shape index (κ3) is 1.99. The lowest BCUT2D eigenvalue weighted by Gasteiger charge is -2.14. The van der Waals surface area contributed by atoms with Gasteiger partial charge < -0.3 is 0 Å². The second kappa shape index (κ2) is 5.22. The molecule has 0 aliphatic carbocycles. The zero-order valence-electron chi connectivity index (χ0n) is 11.6. The highest BCUT2D eigenvalue weighted by atomic mass is 14.1. The first kappa shape index (κ1) is 12.6. The highest BCUT2D eigenvalue weighted by Gasteiger charge is 2.10. The topological polar surface area (TPSA) is 0 Å². The summed E-state index contributed by atoms with van der Waals surface area (Å²) in [6.07, 6.45) is 8.65. The number of allylic oxidation sites excluding steroid dienone is 2. The summed E-state index contributed by atoms with van der Waals surface area (Å²) in [6.45, 7) is 8.57. The first-order chi connectivity index (χ1) is 8.70. The Bertz CT molecular complexity index is 628. The van der Waals surface area contributed by atoms with Crippen LogP contribution in [0.5, 0.6) is 0 Å². The molecule has 2 aromatic rings. The minimum absolute atomic E-state index is 1.34. The van der Waals surface area contributed by atoms with Gasteiger partial charge in [0, 0.05) is 0 Å². The minimum Gasteiger partial charge on any atom is -0.0870 e. The molecule has 0 radical (unpaired) electrons. The molecule has 2 aromatic carbocycles. The SMILES string of the molecule is C/C=C\c1c(C)c(/C=C\C)c2ccccc2c1C. The van der Waals surface area contributed by atoms with Crippen molar-refractivity contribution in [3.05, 3.63) is 58.7 Å². The van der Waals surface area contributed by atoms with Crippen LogP contribution < -0.4 is 0 Å². The van der Waals surface area contributed by atoms with Crippen LogP contribution in [0.15, 0.2) is 36.4 Å². The van der Waals surface area contributed by atoms with E-state index in [2.05, 4.69) is 76.3 Å². The molecule has 0 atom stereocenters. The second-order valence-corrected chi connectivity index (χ2v) is 4.62. The van der Waals surface area contributed by atoms with Gasteiger partial charge in [-0.05, 0) is 60.7 Å². The number of hydrogen-bond donors (Lipinski definition) is 0. The maximum absolute atomic E-state index is 2.21. The first-order valence-corrected chi connectivity index (χ1v) is 6.48. The lowest BCUT2D eigenvalue weighted by molar-refractivity contribution is 1.38. The van der Waals surface area contributed by atoms with Crippen LogP contribution in [-0.2, 0) is 0 Å². The van der Waals surface area contributed by atoms with Crippen LogP contribution in [-0.4, -0.2) is 0 Å². The van der Waals surface area contributed by atoms with Gasteiger partial charge in [-0.1, -0.05) is 48.6 Å². The van der Waals surface area contributed by atoms with Gasteiger partial charge in [0.05, 0.1) is 0 Å². The van der Waals surface area contributed by atoms with Gasteiger partial charge in [-0.2, -0.15) is 0 Å². The van der Waals surface area contributed by atoms with Crippen molar-refractivity contribution < 1.29 is 0 Å². The average molecular weight is 236 g/mol. The predicted octanol–water partition coefficient (Wildman–Crippen LogP) is 5.52.